The molecular formula is C14H28O4Si. The maximum atomic E-state index is 10.8. The molecule has 19 heavy (non-hydrogen) atoms. The maximum Gasteiger partial charge on any atom is 0.187 e. The fourth-order valence-corrected chi connectivity index (χ4v) is 3.00. The van der Waals surface area contributed by atoms with Crippen molar-refractivity contribution in [2.75, 3.05) is 13.2 Å². The van der Waals surface area contributed by atoms with E-state index in [1.54, 1.807) is 0 Å². The van der Waals surface area contributed by atoms with Gasteiger partial charge in [-0.25, -0.2) is 0 Å². The number of hydrogen-bond acceptors (Lipinski definition) is 4. The van der Waals surface area contributed by atoms with Crippen molar-refractivity contribution >= 4 is 15.3 Å². The fourth-order valence-electron chi connectivity index (χ4n) is 2.36. The van der Waals surface area contributed by atoms with Crippen molar-refractivity contribution in [1.82, 2.24) is 0 Å². The average Bonchev–Trinajstić information content (AvgIpc) is 2.28. The number of hydrogen-bond donors (Lipinski definition) is 0. The fraction of sp³-hybridized carbons (Fsp3) is 0.929. The molecule has 5 heteroatoms. The lowest BCUT2D eigenvalue weighted by Crippen LogP contribution is -2.54. The predicted octanol–water partition coefficient (Wildman–Crippen LogP) is 2.37. The van der Waals surface area contributed by atoms with E-state index in [0.29, 0.717) is 19.6 Å². The van der Waals surface area contributed by atoms with Crippen LogP contribution in [0.5, 0.6) is 0 Å². The van der Waals surface area contributed by atoms with Gasteiger partial charge in [0, 0.05) is 12.3 Å². The number of aldehydes is 1. The molecule has 1 aliphatic heterocycles. The highest BCUT2D eigenvalue weighted by Gasteiger charge is 2.44. The van der Waals surface area contributed by atoms with Crippen LogP contribution in [-0.4, -0.2) is 40.4 Å². The largest absolute Gasteiger partial charge is 0.415 e. The molecule has 0 aromatic rings. The lowest BCUT2D eigenvalue weighted by Gasteiger charge is -2.47. The highest BCUT2D eigenvalue weighted by atomic mass is 28.3. The van der Waals surface area contributed by atoms with Crippen LogP contribution < -0.4 is 0 Å². The quantitative estimate of drug-likeness (QED) is 0.575. The third-order valence-corrected chi connectivity index (χ3v) is 4.17. The zero-order valence-corrected chi connectivity index (χ0v) is 14.2. The van der Waals surface area contributed by atoms with E-state index in [1.807, 2.05) is 6.92 Å². The summed E-state index contributed by atoms with van der Waals surface area (Å²) in [4.78, 5) is 10.8. The maximum absolute atomic E-state index is 10.8. The molecule has 0 spiro atoms. The van der Waals surface area contributed by atoms with Gasteiger partial charge in [0.25, 0.3) is 0 Å². The summed E-state index contributed by atoms with van der Waals surface area (Å²) < 4.78 is 17.8. The molecule has 1 aliphatic rings. The van der Waals surface area contributed by atoms with E-state index in [0.717, 1.165) is 6.29 Å². The number of carbonyl (C=O) groups excluding carboxylic acids is 1. The van der Waals surface area contributed by atoms with Crippen LogP contribution in [0.4, 0.5) is 0 Å². The molecule has 1 saturated heterocycles. The first-order chi connectivity index (χ1) is 8.68. The molecule has 0 saturated carbocycles. The van der Waals surface area contributed by atoms with Crippen LogP contribution in [0.1, 0.15) is 34.1 Å². The molecule has 0 aliphatic carbocycles. The summed E-state index contributed by atoms with van der Waals surface area (Å²) >= 11 is 0. The molecule has 0 amide bonds. The van der Waals surface area contributed by atoms with Crippen molar-refractivity contribution in [3.05, 3.63) is 0 Å². The molecule has 0 unspecified atom stereocenters. The zero-order chi connectivity index (χ0) is 14.7. The minimum Gasteiger partial charge on any atom is -0.415 e. The predicted molar refractivity (Wildman–Crippen MR) is 77.7 cm³/mol. The van der Waals surface area contributed by atoms with Crippen molar-refractivity contribution in [3.63, 3.8) is 0 Å². The molecule has 0 radical (unpaired) electrons. The van der Waals surface area contributed by atoms with Gasteiger partial charge in [-0.1, -0.05) is 20.8 Å². The highest BCUT2D eigenvalue weighted by molar-refractivity contribution is 6.48. The molecule has 0 aromatic heterocycles. The molecule has 4 nitrogen and oxygen atoms in total. The van der Waals surface area contributed by atoms with Gasteiger partial charge in [0.1, 0.15) is 6.29 Å². The molecule has 0 N–H and O–H groups in total. The van der Waals surface area contributed by atoms with E-state index in [1.165, 1.54) is 0 Å². The van der Waals surface area contributed by atoms with E-state index in [-0.39, 0.29) is 17.4 Å². The summed E-state index contributed by atoms with van der Waals surface area (Å²) in [5.41, 5.74) is -0.0199. The van der Waals surface area contributed by atoms with Gasteiger partial charge in [0.2, 0.25) is 0 Å². The van der Waals surface area contributed by atoms with Gasteiger partial charge >= 0.3 is 0 Å². The van der Waals surface area contributed by atoms with E-state index < -0.39 is 14.8 Å². The zero-order valence-electron chi connectivity index (χ0n) is 13.1. The molecule has 0 bridgehead atoms. The lowest BCUT2D eigenvalue weighted by atomic mass is 9.79. The minimum atomic E-state index is -1.09. The first-order valence-electron chi connectivity index (χ1n) is 7.05. The number of rotatable bonds is 5. The minimum absolute atomic E-state index is 0.00822. The Hall–Kier alpha value is -0.233. The Morgan fingerprint density at radius 3 is 2.53 bits per heavy atom. The smallest absolute Gasteiger partial charge is 0.187 e. The highest BCUT2D eigenvalue weighted by Crippen LogP contribution is 2.38. The van der Waals surface area contributed by atoms with Crippen LogP contribution in [0.3, 0.4) is 0 Å². The Morgan fingerprint density at radius 1 is 1.42 bits per heavy atom. The average molecular weight is 288 g/mol. The van der Waals surface area contributed by atoms with Gasteiger partial charge in [-0.3, -0.25) is 0 Å². The van der Waals surface area contributed by atoms with Gasteiger partial charge in [0.15, 0.2) is 14.8 Å². The Balaban J connectivity index is 2.74. The molecule has 0 aromatic carbocycles. The van der Waals surface area contributed by atoms with E-state index in [2.05, 4.69) is 33.9 Å². The van der Waals surface area contributed by atoms with Gasteiger partial charge in [-0.05, 0) is 25.4 Å². The van der Waals surface area contributed by atoms with E-state index in [9.17, 15) is 4.79 Å². The van der Waals surface area contributed by atoms with Crippen LogP contribution >= 0.6 is 0 Å². The molecule has 1 rings (SSSR count). The second kappa shape index (κ2) is 6.48. The van der Waals surface area contributed by atoms with Gasteiger partial charge in [-0.2, -0.15) is 0 Å². The van der Waals surface area contributed by atoms with Crippen LogP contribution in [0, 0.1) is 11.3 Å². The first-order valence-corrected chi connectivity index (χ1v) is 9.83. The number of ether oxygens (including phenoxy) is 2. The van der Waals surface area contributed by atoms with Gasteiger partial charge in [-0.15, -0.1) is 0 Å². The third kappa shape index (κ3) is 4.98. The Labute approximate surface area is 118 Å². The van der Waals surface area contributed by atoms with Crippen molar-refractivity contribution in [1.29, 1.82) is 0 Å². The SMILES string of the molecule is C[SiH](C)OC[C@]1(C)OC[C@H](CC=O)[C@H](C(C)(C)C)O1. The van der Waals surface area contributed by atoms with Gasteiger partial charge in [0.05, 0.1) is 19.3 Å². The molecule has 3 atom stereocenters. The van der Waals surface area contributed by atoms with Crippen molar-refractivity contribution in [3.8, 4) is 0 Å². The summed E-state index contributed by atoms with van der Waals surface area (Å²) in [5.74, 6) is -0.559. The molecular weight excluding hydrogens is 260 g/mol. The third-order valence-electron chi connectivity index (χ3n) is 3.34. The van der Waals surface area contributed by atoms with Crippen molar-refractivity contribution in [2.24, 2.45) is 11.3 Å². The van der Waals surface area contributed by atoms with Crippen molar-refractivity contribution in [2.45, 2.75) is 59.1 Å². The summed E-state index contributed by atoms with van der Waals surface area (Å²) in [6.45, 7) is 13.6. The second-order valence-corrected chi connectivity index (χ2v) is 9.30. The normalized spacial score (nSPS) is 32.6. The molecule has 112 valence electrons. The number of carbonyl (C=O) groups is 1. The Kier molecular flexibility index (Phi) is 5.74. The summed E-state index contributed by atoms with van der Waals surface area (Å²) in [6, 6.07) is 0. The van der Waals surface area contributed by atoms with Crippen molar-refractivity contribution < 1.29 is 18.7 Å². The summed E-state index contributed by atoms with van der Waals surface area (Å²) in [7, 11) is -1.09. The van der Waals surface area contributed by atoms with Gasteiger partial charge < -0.3 is 18.7 Å². The van der Waals surface area contributed by atoms with Crippen LogP contribution in [-0.2, 0) is 18.7 Å². The molecule has 1 fully saturated rings. The topological polar surface area (TPSA) is 44.8 Å². The standard InChI is InChI=1S/C14H28O4Si/c1-13(2,3)12-11(7-8-15)9-16-14(4,18-12)10-17-19(5)6/h8,11-12,19H,7,9-10H2,1-6H3/t11-,12+,14+/m0/s1. The molecule has 1 heterocycles. The van der Waals surface area contributed by atoms with E-state index in [4.69, 9.17) is 13.9 Å². The van der Waals surface area contributed by atoms with E-state index >= 15 is 0 Å². The summed E-state index contributed by atoms with van der Waals surface area (Å²) in [5, 5.41) is 0. The summed E-state index contributed by atoms with van der Waals surface area (Å²) in [6.07, 6.45) is 1.45. The van der Waals surface area contributed by atoms with Crippen LogP contribution in [0.2, 0.25) is 13.1 Å². The van der Waals surface area contributed by atoms with Crippen LogP contribution in [0.25, 0.3) is 0 Å². The van der Waals surface area contributed by atoms with Crippen LogP contribution in [0.15, 0.2) is 0 Å². The monoisotopic (exact) mass is 288 g/mol. The lowest BCUT2D eigenvalue weighted by molar-refractivity contribution is -0.327. The Bertz CT molecular complexity index is 300. The second-order valence-electron chi connectivity index (χ2n) is 6.87. The Morgan fingerprint density at radius 2 is 2.05 bits per heavy atom. The first kappa shape index (κ1) is 16.8.